The van der Waals surface area contributed by atoms with Gasteiger partial charge in [-0.2, -0.15) is 0 Å². The fraction of sp³-hybridized carbons (Fsp3) is 0.538. The first kappa shape index (κ1) is 10.5. The quantitative estimate of drug-likeness (QED) is 0.727. The van der Waals surface area contributed by atoms with Gasteiger partial charge in [0.1, 0.15) is 0 Å². The number of benzene rings is 1. The number of nitrogens with one attached hydrogen (secondary N) is 1. The summed E-state index contributed by atoms with van der Waals surface area (Å²) in [6.07, 6.45) is 3.69. The molecule has 1 aromatic rings. The first-order valence-electron chi connectivity index (χ1n) is 5.81. The highest BCUT2D eigenvalue weighted by atomic mass is 14.9. The van der Waals surface area contributed by atoms with Crippen LogP contribution >= 0.6 is 0 Å². The van der Waals surface area contributed by atoms with Crippen molar-refractivity contribution >= 4 is 5.69 Å². The third kappa shape index (κ3) is 2.32. The molecule has 2 heteroatoms. The van der Waals surface area contributed by atoms with E-state index in [4.69, 9.17) is 5.73 Å². The number of fused-ring (bicyclic) bond motifs is 1. The number of nitrogens with two attached hydrogens (primary N) is 1. The Kier molecular flexibility index (Phi) is 2.96. The van der Waals surface area contributed by atoms with Crippen LogP contribution < -0.4 is 11.1 Å². The fourth-order valence-electron chi connectivity index (χ4n) is 2.41. The van der Waals surface area contributed by atoms with E-state index >= 15 is 0 Å². The monoisotopic (exact) mass is 204 g/mol. The SMILES string of the molecule is CC(C)NC1CCCc2cc(N)ccc21. The second-order valence-electron chi connectivity index (χ2n) is 4.72. The zero-order valence-corrected chi connectivity index (χ0v) is 9.59. The Bertz CT molecular complexity index is 344. The van der Waals surface area contributed by atoms with Crippen molar-refractivity contribution in [3.63, 3.8) is 0 Å². The van der Waals surface area contributed by atoms with Crippen LogP contribution in [0.15, 0.2) is 18.2 Å². The first-order chi connectivity index (χ1) is 7.16. The third-order valence-electron chi connectivity index (χ3n) is 3.02. The predicted octanol–water partition coefficient (Wildman–Crippen LogP) is 2.64. The minimum absolute atomic E-state index is 0.523. The lowest BCUT2D eigenvalue weighted by Crippen LogP contribution is -2.30. The molecule has 0 fully saturated rings. The van der Waals surface area contributed by atoms with Crippen molar-refractivity contribution in [2.24, 2.45) is 0 Å². The maximum absolute atomic E-state index is 5.81. The number of hydrogen-bond donors (Lipinski definition) is 2. The zero-order valence-electron chi connectivity index (χ0n) is 9.59. The minimum Gasteiger partial charge on any atom is -0.399 e. The van der Waals surface area contributed by atoms with Crippen molar-refractivity contribution in [2.45, 2.75) is 45.2 Å². The second-order valence-corrected chi connectivity index (χ2v) is 4.72. The van der Waals surface area contributed by atoms with Crippen LogP contribution in [-0.4, -0.2) is 6.04 Å². The Labute approximate surface area is 91.9 Å². The highest BCUT2D eigenvalue weighted by molar-refractivity contribution is 5.46. The Morgan fingerprint density at radius 2 is 2.20 bits per heavy atom. The maximum atomic E-state index is 5.81. The summed E-state index contributed by atoms with van der Waals surface area (Å²) >= 11 is 0. The molecular formula is C13H20N2. The molecule has 1 aromatic carbocycles. The fourth-order valence-corrected chi connectivity index (χ4v) is 2.41. The zero-order chi connectivity index (χ0) is 10.8. The van der Waals surface area contributed by atoms with Crippen LogP contribution in [0.5, 0.6) is 0 Å². The molecule has 1 unspecified atom stereocenters. The molecule has 0 aromatic heterocycles. The van der Waals surface area contributed by atoms with Crippen molar-refractivity contribution in [3.05, 3.63) is 29.3 Å². The lowest BCUT2D eigenvalue weighted by molar-refractivity contribution is 0.423. The van der Waals surface area contributed by atoms with Gasteiger partial charge in [0.25, 0.3) is 0 Å². The van der Waals surface area contributed by atoms with E-state index < -0.39 is 0 Å². The van der Waals surface area contributed by atoms with Crippen molar-refractivity contribution in [2.75, 3.05) is 5.73 Å². The minimum atomic E-state index is 0.523. The van der Waals surface area contributed by atoms with Crippen LogP contribution in [0.2, 0.25) is 0 Å². The van der Waals surface area contributed by atoms with Gasteiger partial charge in [0, 0.05) is 17.8 Å². The molecule has 1 atom stereocenters. The summed E-state index contributed by atoms with van der Waals surface area (Å²) in [6, 6.07) is 7.39. The molecule has 0 amide bonds. The second kappa shape index (κ2) is 4.23. The predicted molar refractivity (Wildman–Crippen MR) is 64.8 cm³/mol. The smallest absolute Gasteiger partial charge is 0.0325 e. The summed E-state index contributed by atoms with van der Waals surface area (Å²) in [6.45, 7) is 4.40. The first-order valence-corrected chi connectivity index (χ1v) is 5.81. The normalized spacial score (nSPS) is 20.3. The van der Waals surface area contributed by atoms with Gasteiger partial charge in [0.15, 0.2) is 0 Å². The Morgan fingerprint density at radius 3 is 2.93 bits per heavy atom. The molecule has 0 radical (unpaired) electrons. The maximum Gasteiger partial charge on any atom is 0.0325 e. The van der Waals surface area contributed by atoms with E-state index in [0.717, 1.165) is 5.69 Å². The molecule has 2 nitrogen and oxygen atoms in total. The summed E-state index contributed by atoms with van der Waals surface area (Å²) in [7, 11) is 0. The van der Waals surface area contributed by atoms with Gasteiger partial charge in [0.05, 0.1) is 0 Å². The molecule has 82 valence electrons. The van der Waals surface area contributed by atoms with E-state index in [2.05, 4.69) is 31.3 Å². The van der Waals surface area contributed by atoms with Crippen LogP contribution in [0, 0.1) is 0 Å². The lowest BCUT2D eigenvalue weighted by Gasteiger charge is -2.28. The molecule has 1 aliphatic rings. The Hall–Kier alpha value is -1.02. The summed E-state index contributed by atoms with van der Waals surface area (Å²) in [5, 5.41) is 3.62. The van der Waals surface area contributed by atoms with E-state index in [1.807, 2.05) is 6.07 Å². The Morgan fingerprint density at radius 1 is 1.40 bits per heavy atom. The van der Waals surface area contributed by atoms with Gasteiger partial charge < -0.3 is 11.1 Å². The van der Waals surface area contributed by atoms with Crippen LogP contribution in [0.3, 0.4) is 0 Å². The van der Waals surface area contributed by atoms with E-state index in [9.17, 15) is 0 Å². The van der Waals surface area contributed by atoms with Crippen LogP contribution in [0.1, 0.15) is 43.9 Å². The van der Waals surface area contributed by atoms with Gasteiger partial charge >= 0.3 is 0 Å². The number of hydrogen-bond acceptors (Lipinski definition) is 2. The van der Waals surface area contributed by atoms with Gasteiger partial charge in [-0.05, 0) is 42.5 Å². The molecule has 1 aliphatic carbocycles. The molecule has 0 aliphatic heterocycles. The average Bonchev–Trinajstić information content (AvgIpc) is 2.16. The summed E-state index contributed by atoms with van der Waals surface area (Å²) in [4.78, 5) is 0. The average molecular weight is 204 g/mol. The highest BCUT2D eigenvalue weighted by Gasteiger charge is 2.20. The molecule has 0 saturated carbocycles. The molecule has 0 saturated heterocycles. The molecular weight excluding hydrogens is 184 g/mol. The largest absolute Gasteiger partial charge is 0.399 e. The number of anilines is 1. The molecule has 0 spiro atoms. The van der Waals surface area contributed by atoms with Crippen molar-refractivity contribution in [1.29, 1.82) is 0 Å². The number of rotatable bonds is 2. The summed E-state index contributed by atoms with van der Waals surface area (Å²) in [5.74, 6) is 0. The van der Waals surface area contributed by atoms with Gasteiger partial charge in [0.2, 0.25) is 0 Å². The van der Waals surface area contributed by atoms with E-state index in [1.54, 1.807) is 0 Å². The van der Waals surface area contributed by atoms with Crippen LogP contribution in [0.25, 0.3) is 0 Å². The molecule has 2 rings (SSSR count). The molecule has 0 heterocycles. The molecule has 15 heavy (non-hydrogen) atoms. The van der Waals surface area contributed by atoms with Crippen molar-refractivity contribution in [3.8, 4) is 0 Å². The standard InChI is InChI=1S/C13H20N2/c1-9(2)15-13-5-3-4-10-8-11(14)6-7-12(10)13/h6-9,13,15H,3-5,14H2,1-2H3. The van der Waals surface area contributed by atoms with Gasteiger partial charge in [-0.15, -0.1) is 0 Å². The van der Waals surface area contributed by atoms with E-state index in [1.165, 1.54) is 30.4 Å². The summed E-state index contributed by atoms with van der Waals surface area (Å²) in [5.41, 5.74) is 9.57. The van der Waals surface area contributed by atoms with Crippen LogP contribution in [0.4, 0.5) is 5.69 Å². The summed E-state index contributed by atoms with van der Waals surface area (Å²) < 4.78 is 0. The third-order valence-corrected chi connectivity index (χ3v) is 3.02. The van der Waals surface area contributed by atoms with Gasteiger partial charge in [-0.1, -0.05) is 19.9 Å². The highest BCUT2D eigenvalue weighted by Crippen LogP contribution is 2.31. The van der Waals surface area contributed by atoms with Crippen LogP contribution in [-0.2, 0) is 6.42 Å². The number of nitrogen functional groups attached to an aromatic ring is 1. The van der Waals surface area contributed by atoms with E-state index in [-0.39, 0.29) is 0 Å². The van der Waals surface area contributed by atoms with Crippen molar-refractivity contribution < 1.29 is 0 Å². The number of aryl methyl sites for hydroxylation is 1. The van der Waals surface area contributed by atoms with Gasteiger partial charge in [-0.3, -0.25) is 0 Å². The topological polar surface area (TPSA) is 38.0 Å². The van der Waals surface area contributed by atoms with E-state index in [0.29, 0.717) is 12.1 Å². The Balaban J connectivity index is 2.26. The molecule has 3 N–H and O–H groups in total. The van der Waals surface area contributed by atoms with Gasteiger partial charge in [-0.25, -0.2) is 0 Å². The van der Waals surface area contributed by atoms with Crippen molar-refractivity contribution in [1.82, 2.24) is 5.32 Å². The lowest BCUT2D eigenvalue weighted by atomic mass is 9.87. The molecule has 0 bridgehead atoms.